The third kappa shape index (κ3) is 4.12. The van der Waals surface area contributed by atoms with Gasteiger partial charge in [0.05, 0.1) is 17.3 Å². The second-order valence-corrected chi connectivity index (χ2v) is 5.98. The van der Waals surface area contributed by atoms with E-state index >= 15 is 0 Å². The lowest BCUT2D eigenvalue weighted by molar-refractivity contribution is 0.101. The summed E-state index contributed by atoms with van der Waals surface area (Å²) in [4.78, 5) is 12.6. The summed E-state index contributed by atoms with van der Waals surface area (Å²) >= 11 is 6.22. The van der Waals surface area contributed by atoms with Crippen LogP contribution in [0.5, 0.6) is 5.75 Å². The highest BCUT2D eigenvalue weighted by Crippen LogP contribution is 2.33. The van der Waals surface area contributed by atoms with Gasteiger partial charge in [0, 0.05) is 37.4 Å². The predicted octanol–water partition coefficient (Wildman–Crippen LogP) is 2.38. The third-order valence-corrected chi connectivity index (χ3v) is 4.21. The molecule has 0 saturated carbocycles. The Kier molecular flexibility index (Phi) is 5.91. The Labute approximate surface area is 151 Å². The first-order valence-corrected chi connectivity index (χ1v) is 8.65. The van der Waals surface area contributed by atoms with Gasteiger partial charge in [0.15, 0.2) is 11.4 Å². The smallest absolute Gasteiger partial charge is 0.276 e. The SMILES string of the molecule is CCOCCOc1c(Cl)cccc1NC(=O)c1n[nH]c2c1CNCC2. The normalized spacial score (nSPS) is 13.4. The zero-order valence-corrected chi connectivity index (χ0v) is 14.8. The number of H-pyrrole nitrogens is 1. The van der Waals surface area contributed by atoms with Crippen molar-refractivity contribution in [3.05, 3.63) is 40.2 Å². The number of amides is 1. The van der Waals surface area contributed by atoms with Crippen LogP contribution >= 0.6 is 11.6 Å². The maximum absolute atomic E-state index is 12.6. The predicted molar refractivity (Wildman–Crippen MR) is 95.4 cm³/mol. The van der Waals surface area contributed by atoms with Crippen molar-refractivity contribution < 1.29 is 14.3 Å². The largest absolute Gasteiger partial charge is 0.487 e. The van der Waals surface area contributed by atoms with E-state index in [9.17, 15) is 4.79 Å². The Morgan fingerprint density at radius 1 is 1.40 bits per heavy atom. The molecule has 0 spiro atoms. The first kappa shape index (κ1) is 17.7. The molecule has 1 aliphatic rings. The Morgan fingerprint density at radius 2 is 2.28 bits per heavy atom. The maximum atomic E-state index is 12.6. The Morgan fingerprint density at radius 3 is 3.12 bits per heavy atom. The Balaban J connectivity index is 1.75. The topological polar surface area (TPSA) is 88.3 Å². The third-order valence-electron chi connectivity index (χ3n) is 3.91. The molecular formula is C17H21ClN4O3. The average molecular weight is 365 g/mol. The number of carbonyl (C=O) groups excluding carboxylic acids is 1. The highest BCUT2D eigenvalue weighted by Gasteiger charge is 2.22. The minimum Gasteiger partial charge on any atom is -0.487 e. The van der Waals surface area contributed by atoms with E-state index in [-0.39, 0.29) is 5.91 Å². The van der Waals surface area contributed by atoms with Crippen molar-refractivity contribution in [2.75, 3.05) is 31.7 Å². The molecule has 1 aromatic carbocycles. The molecule has 0 fully saturated rings. The molecule has 8 heteroatoms. The number of aromatic nitrogens is 2. The lowest BCUT2D eigenvalue weighted by Crippen LogP contribution is -2.25. The van der Waals surface area contributed by atoms with Crippen molar-refractivity contribution in [1.82, 2.24) is 15.5 Å². The summed E-state index contributed by atoms with van der Waals surface area (Å²) in [6, 6.07) is 5.22. The molecular weight excluding hydrogens is 344 g/mol. The van der Waals surface area contributed by atoms with Crippen molar-refractivity contribution >= 4 is 23.2 Å². The molecule has 7 nitrogen and oxygen atoms in total. The van der Waals surface area contributed by atoms with Gasteiger partial charge < -0.3 is 20.1 Å². The molecule has 0 atom stereocenters. The lowest BCUT2D eigenvalue weighted by atomic mass is 10.1. The first-order valence-electron chi connectivity index (χ1n) is 8.28. The van der Waals surface area contributed by atoms with E-state index < -0.39 is 0 Å². The molecule has 0 unspecified atom stereocenters. The molecule has 25 heavy (non-hydrogen) atoms. The summed E-state index contributed by atoms with van der Waals surface area (Å²) in [7, 11) is 0. The first-order chi connectivity index (χ1) is 12.2. The van der Waals surface area contributed by atoms with Gasteiger partial charge in [0.2, 0.25) is 0 Å². The van der Waals surface area contributed by atoms with Gasteiger partial charge in [0.1, 0.15) is 6.61 Å². The van der Waals surface area contributed by atoms with Crippen LogP contribution in [0.3, 0.4) is 0 Å². The lowest BCUT2D eigenvalue weighted by Gasteiger charge is -2.15. The summed E-state index contributed by atoms with van der Waals surface area (Å²) in [5, 5.41) is 13.6. The number of aromatic amines is 1. The van der Waals surface area contributed by atoms with E-state index in [1.807, 2.05) is 6.92 Å². The van der Waals surface area contributed by atoms with Gasteiger partial charge in [-0.15, -0.1) is 0 Å². The van der Waals surface area contributed by atoms with Crippen molar-refractivity contribution in [1.29, 1.82) is 0 Å². The fourth-order valence-corrected chi connectivity index (χ4v) is 2.92. The minimum absolute atomic E-state index is 0.293. The molecule has 1 aromatic heterocycles. The summed E-state index contributed by atoms with van der Waals surface area (Å²) < 4.78 is 10.9. The van der Waals surface area contributed by atoms with Crippen molar-refractivity contribution in [2.24, 2.45) is 0 Å². The van der Waals surface area contributed by atoms with E-state index in [0.717, 1.165) is 24.2 Å². The molecule has 134 valence electrons. The standard InChI is InChI=1S/C17H21ClN4O3/c1-2-24-8-9-25-16-12(18)4-3-5-14(16)20-17(23)15-11-10-19-7-6-13(11)21-22-15/h3-5,19H,2,6-10H2,1H3,(H,20,23)(H,21,22). The van der Waals surface area contributed by atoms with Gasteiger partial charge in [-0.1, -0.05) is 17.7 Å². The van der Waals surface area contributed by atoms with Gasteiger partial charge in [-0.3, -0.25) is 9.89 Å². The molecule has 0 aliphatic carbocycles. The zero-order chi connectivity index (χ0) is 17.6. The van der Waals surface area contributed by atoms with E-state index in [1.165, 1.54) is 0 Å². The second kappa shape index (κ2) is 8.33. The second-order valence-electron chi connectivity index (χ2n) is 5.57. The van der Waals surface area contributed by atoms with E-state index in [2.05, 4.69) is 20.8 Å². The molecule has 1 aliphatic heterocycles. The van der Waals surface area contributed by atoms with E-state index in [1.54, 1.807) is 18.2 Å². The number of anilines is 1. The van der Waals surface area contributed by atoms with E-state index in [4.69, 9.17) is 21.1 Å². The molecule has 2 aromatic rings. The molecule has 2 heterocycles. The minimum atomic E-state index is -0.293. The number of nitrogens with zero attached hydrogens (tertiary/aromatic N) is 1. The zero-order valence-electron chi connectivity index (χ0n) is 14.0. The van der Waals surface area contributed by atoms with Gasteiger partial charge in [-0.05, 0) is 19.1 Å². The van der Waals surface area contributed by atoms with Crippen molar-refractivity contribution in [3.63, 3.8) is 0 Å². The Hall–Kier alpha value is -2.09. The number of halogens is 1. The van der Waals surface area contributed by atoms with Crippen molar-refractivity contribution in [2.45, 2.75) is 19.9 Å². The highest BCUT2D eigenvalue weighted by atomic mass is 35.5. The van der Waals surface area contributed by atoms with Gasteiger partial charge >= 0.3 is 0 Å². The molecule has 3 N–H and O–H groups in total. The highest BCUT2D eigenvalue weighted by molar-refractivity contribution is 6.32. The number of ether oxygens (including phenoxy) is 2. The summed E-state index contributed by atoms with van der Waals surface area (Å²) in [5.41, 5.74) is 2.81. The van der Waals surface area contributed by atoms with Crippen LogP contribution in [0.4, 0.5) is 5.69 Å². The average Bonchev–Trinajstić information content (AvgIpc) is 3.05. The van der Waals surface area contributed by atoms with Gasteiger partial charge in [-0.25, -0.2) is 0 Å². The number of hydrogen-bond donors (Lipinski definition) is 3. The monoisotopic (exact) mass is 364 g/mol. The van der Waals surface area contributed by atoms with Crippen LogP contribution in [0.15, 0.2) is 18.2 Å². The summed E-state index contributed by atoms with van der Waals surface area (Å²) in [6.07, 6.45) is 0.832. The number of benzene rings is 1. The number of fused-ring (bicyclic) bond motifs is 1. The van der Waals surface area contributed by atoms with Crippen LogP contribution in [0.2, 0.25) is 5.02 Å². The maximum Gasteiger partial charge on any atom is 0.276 e. The summed E-state index contributed by atoms with van der Waals surface area (Å²) in [5.74, 6) is 0.137. The van der Waals surface area contributed by atoms with Crippen LogP contribution in [0, 0.1) is 0 Å². The number of rotatable bonds is 7. The quantitative estimate of drug-likeness (QED) is 0.656. The van der Waals surface area contributed by atoms with Gasteiger partial charge in [-0.2, -0.15) is 5.10 Å². The van der Waals surface area contributed by atoms with Crippen molar-refractivity contribution in [3.8, 4) is 5.75 Å². The van der Waals surface area contributed by atoms with Crippen LogP contribution in [-0.2, 0) is 17.7 Å². The molecule has 3 rings (SSSR count). The molecule has 0 saturated heterocycles. The van der Waals surface area contributed by atoms with Crippen LogP contribution in [0.1, 0.15) is 28.7 Å². The fraction of sp³-hybridized carbons (Fsp3) is 0.412. The fourth-order valence-electron chi connectivity index (χ4n) is 2.70. The van der Waals surface area contributed by atoms with E-state index in [0.29, 0.717) is 48.5 Å². The van der Waals surface area contributed by atoms with Gasteiger partial charge in [0.25, 0.3) is 5.91 Å². The molecule has 1 amide bonds. The van der Waals surface area contributed by atoms with Crippen LogP contribution in [0.25, 0.3) is 0 Å². The molecule has 0 radical (unpaired) electrons. The van der Waals surface area contributed by atoms with Crippen LogP contribution in [-0.4, -0.2) is 42.5 Å². The Bertz CT molecular complexity index is 747. The number of carbonyl (C=O) groups is 1. The summed E-state index contributed by atoms with van der Waals surface area (Å²) in [6.45, 7) is 4.84. The van der Waals surface area contributed by atoms with Crippen LogP contribution < -0.4 is 15.4 Å². The molecule has 0 bridgehead atoms. The number of para-hydroxylation sites is 1. The number of hydrogen-bond acceptors (Lipinski definition) is 5. The number of nitrogens with one attached hydrogen (secondary N) is 3.